The third-order valence-corrected chi connectivity index (χ3v) is 3.95. The normalized spacial score (nSPS) is 19.5. The monoisotopic (exact) mass is 295 g/mol. The largest absolute Gasteiger partial charge is 0.480 e. The Morgan fingerprint density at radius 1 is 1.30 bits per heavy atom. The van der Waals surface area contributed by atoms with E-state index in [0.29, 0.717) is 23.6 Å². The summed E-state index contributed by atoms with van der Waals surface area (Å²) in [6.45, 7) is 2.31. The third-order valence-electron chi connectivity index (χ3n) is 3.72. The van der Waals surface area contributed by atoms with Gasteiger partial charge in [-0.05, 0) is 43.5 Å². The molecule has 1 aromatic carbocycles. The number of aryl methyl sites for hydroxylation is 1. The molecular weight excluding hydrogens is 278 g/mol. The molecule has 1 atom stereocenters. The van der Waals surface area contributed by atoms with Crippen molar-refractivity contribution in [3.63, 3.8) is 0 Å². The lowest BCUT2D eigenvalue weighted by atomic mass is 10.1. The summed E-state index contributed by atoms with van der Waals surface area (Å²) in [4.78, 5) is 25.5. The van der Waals surface area contributed by atoms with Crippen LogP contribution in [0.5, 0.6) is 0 Å². The molecule has 2 rings (SSSR count). The number of halogens is 1. The second kappa shape index (κ2) is 6.27. The van der Waals surface area contributed by atoms with E-state index in [9.17, 15) is 14.7 Å². The maximum Gasteiger partial charge on any atom is 0.326 e. The number of carboxylic acid groups (broad SMARTS) is 1. The number of amides is 1. The second-order valence-electron chi connectivity index (χ2n) is 5.16. The van der Waals surface area contributed by atoms with Crippen LogP contribution in [-0.2, 0) is 4.79 Å². The Hall–Kier alpha value is -1.55. The van der Waals surface area contributed by atoms with E-state index in [-0.39, 0.29) is 5.91 Å². The lowest BCUT2D eigenvalue weighted by Gasteiger charge is -2.27. The first-order valence-corrected chi connectivity index (χ1v) is 7.18. The van der Waals surface area contributed by atoms with Crippen LogP contribution in [-0.4, -0.2) is 34.5 Å². The van der Waals surface area contributed by atoms with Crippen molar-refractivity contribution in [1.82, 2.24) is 4.90 Å². The summed E-state index contributed by atoms with van der Waals surface area (Å²) in [5.74, 6) is -1.14. The van der Waals surface area contributed by atoms with Crippen molar-refractivity contribution in [2.24, 2.45) is 0 Å². The van der Waals surface area contributed by atoms with Crippen molar-refractivity contribution in [1.29, 1.82) is 0 Å². The highest BCUT2D eigenvalue weighted by molar-refractivity contribution is 6.30. The fraction of sp³-hybridized carbons (Fsp3) is 0.467. The van der Waals surface area contributed by atoms with Crippen LogP contribution in [0.3, 0.4) is 0 Å². The Kier molecular flexibility index (Phi) is 4.65. The molecule has 1 aliphatic heterocycles. The third kappa shape index (κ3) is 3.12. The summed E-state index contributed by atoms with van der Waals surface area (Å²) in [6.07, 6.45) is 3.18. The van der Waals surface area contributed by atoms with Gasteiger partial charge in [-0.2, -0.15) is 0 Å². The number of hydrogen-bond donors (Lipinski definition) is 1. The van der Waals surface area contributed by atoms with Crippen molar-refractivity contribution in [3.8, 4) is 0 Å². The Balaban J connectivity index is 2.31. The molecule has 0 radical (unpaired) electrons. The molecule has 1 aliphatic rings. The minimum atomic E-state index is -0.924. The summed E-state index contributed by atoms with van der Waals surface area (Å²) in [7, 11) is 0. The molecule has 1 aromatic rings. The minimum Gasteiger partial charge on any atom is -0.480 e. The van der Waals surface area contributed by atoms with Gasteiger partial charge in [-0.3, -0.25) is 4.79 Å². The van der Waals surface area contributed by atoms with Crippen molar-refractivity contribution in [3.05, 3.63) is 34.3 Å². The standard InChI is InChI=1S/C15H18ClNO3/c1-10-9-11(16)6-7-12(10)14(18)17-8-4-2-3-5-13(17)15(19)20/h6-7,9,13H,2-5,8H2,1H3,(H,19,20). The molecule has 1 heterocycles. The van der Waals surface area contributed by atoms with Crippen LogP contribution in [0.1, 0.15) is 41.6 Å². The number of carbonyl (C=O) groups is 2. The first kappa shape index (κ1) is 14.9. The van der Waals surface area contributed by atoms with E-state index in [1.54, 1.807) is 18.2 Å². The highest BCUT2D eigenvalue weighted by Gasteiger charge is 2.31. The van der Waals surface area contributed by atoms with Crippen LogP contribution < -0.4 is 0 Å². The maximum absolute atomic E-state index is 12.6. The fourth-order valence-corrected chi connectivity index (χ4v) is 2.86. The Morgan fingerprint density at radius 3 is 2.70 bits per heavy atom. The van der Waals surface area contributed by atoms with Gasteiger partial charge in [0.15, 0.2) is 0 Å². The van der Waals surface area contributed by atoms with Gasteiger partial charge in [0.25, 0.3) is 5.91 Å². The predicted octanol–water partition coefficient (Wildman–Crippen LogP) is 3.12. The quantitative estimate of drug-likeness (QED) is 0.912. The maximum atomic E-state index is 12.6. The highest BCUT2D eigenvalue weighted by Crippen LogP contribution is 2.22. The summed E-state index contributed by atoms with van der Waals surface area (Å²) < 4.78 is 0. The highest BCUT2D eigenvalue weighted by atomic mass is 35.5. The number of rotatable bonds is 2. The van der Waals surface area contributed by atoms with Gasteiger partial charge in [-0.1, -0.05) is 24.4 Å². The molecule has 108 valence electrons. The molecule has 1 unspecified atom stereocenters. The molecule has 0 bridgehead atoms. The molecule has 1 N–H and O–H groups in total. The Bertz CT molecular complexity index is 530. The smallest absolute Gasteiger partial charge is 0.326 e. The molecule has 5 heteroatoms. The molecule has 0 aliphatic carbocycles. The van der Waals surface area contributed by atoms with Gasteiger partial charge in [0.1, 0.15) is 6.04 Å². The molecule has 20 heavy (non-hydrogen) atoms. The number of likely N-dealkylation sites (tertiary alicyclic amines) is 1. The lowest BCUT2D eigenvalue weighted by molar-refractivity contribution is -0.142. The van der Waals surface area contributed by atoms with Crippen molar-refractivity contribution in [2.45, 2.75) is 38.6 Å². The summed E-state index contributed by atoms with van der Waals surface area (Å²) in [5, 5.41) is 9.90. The number of carboxylic acids is 1. The Labute approximate surface area is 123 Å². The van der Waals surface area contributed by atoms with Crippen molar-refractivity contribution < 1.29 is 14.7 Å². The molecule has 4 nitrogen and oxygen atoms in total. The molecule has 1 saturated heterocycles. The van der Waals surface area contributed by atoms with E-state index in [2.05, 4.69) is 0 Å². The molecule has 1 fully saturated rings. The topological polar surface area (TPSA) is 57.6 Å². The van der Waals surface area contributed by atoms with Gasteiger partial charge in [0, 0.05) is 17.1 Å². The molecule has 0 saturated carbocycles. The van der Waals surface area contributed by atoms with Gasteiger partial charge in [0.2, 0.25) is 0 Å². The molecule has 1 amide bonds. The van der Waals surface area contributed by atoms with Crippen LogP contribution in [0.15, 0.2) is 18.2 Å². The fourth-order valence-electron chi connectivity index (χ4n) is 2.63. The predicted molar refractivity (Wildman–Crippen MR) is 77.1 cm³/mol. The molecule has 0 aromatic heterocycles. The van der Waals surface area contributed by atoms with Gasteiger partial charge in [-0.25, -0.2) is 4.79 Å². The van der Waals surface area contributed by atoms with Crippen LogP contribution in [0.2, 0.25) is 5.02 Å². The van der Waals surface area contributed by atoms with E-state index >= 15 is 0 Å². The first-order valence-electron chi connectivity index (χ1n) is 6.80. The number of nitrogens with zero attached hydrogens (tertiary/aromatic N) is 1. The van der Waals surface area contributed by atoms with E-state index in [1.807, 2.05) is 6.92 Å². The average molecular weight is 296 g/mol. The Morgan fingerprint density at radius 2 is 2.05 bits per heavy atom. The summed E-state index contributed by atoms with van der Waals surface area (Å²) >= 11 is 5.89. The van der Waals surface area contributed by atoms with Crippen LogP contribution in [0.25, 0.3) is 0 Å². The summed E-state index contributed by atoms with van der Waals surface area (Å²) in [6, 6.07) is 4.33. The van der Waals surface area contributed by atoms with Gasteiger partial charge >= 0.3 is 5.97 Å². The van der Waals surface area contributed by atoms with Crippen molar-refractivity contribution in [2.75, 3.05) is 6.54 Å². The number of benzene rings is 1. The number of carbonyl (C=O) groups excluding carboxylic acids is 1. The second-order valence-corrected chi connectivity index (χ2v) is 5.60. The van der Waals surface area contributed by atoms with Gasteiger partial charge in [-0.15, -0.1) is 0 Å². The van der Waals surface area contributed by atoms with E-state index in [0.717, 1.165) is 24.8 Å². The number of aliphatic carboxylic acids is 1. The van der Waals surface area contributed by atoms with Gasteiger partial charge in [0.05, 0.1) is 0 Å². The van der Waals surface area contributed by atoms with Crippen molar-refractivity contribution >= 4 is 23.5 Å². The first-order chi connectivity index (χ1) is 9.50. The van der Waals surface area contributed by atoms with Gasteiger partial charge < -0.3 is 10.0 Å². The van der Waals surface area contributed by atoms with Crippen LogP contribution in [0, 0.1) is 6.92 Å². The number of hydrogen-bond acceptors (Lipinski definition) is 2. The SMILES string of the molecule is Cc1cc(Cl)ccc1C(=O)N1CCCCCC1C(=O)O. The molecular formula is C15H18ClNO3. The van der Waals surface area contributed by atoms with E-state index < -0.39 is 12.0 Å². The van der Waals surface area contributed by atoms with E-state index in [1.165, 1.54) is 4.90 Å². The zero-order chi connectivity index (χ0) is 14.7. The van der Waals surface area contributed by atoms with E-state index in [4.69, 9.17) is 11.6 Å². The average Bonchev–Trinajstić information content (AvgIpc) is 2.63. The zero-order valence-electron chi connectivity index (χ0n) is 11.4. The summed E-state index contributed by atoms with van der Waals surface area (Å²) in [5.41, 5.74) is 1.30. The van der Waals surface area contributed by atoms with Crippen LogP contribution >= 0.6 is 11.6 Å². The zero-order valence-corrected chi connectivity index (χ0v) is 12.2. The lowest BCUT2D eigenvalue weighted by Crippen LogP contribution is -2.44. The molecule has 0 spiro atoms. The minimum absolute atomic E-state index is 0.214. The van der Waals surface area contributed by atoms with Crippen LogP contribution in [0.4, 0.5) is 0 Å².